The van der Waals surface area contributed by atoms with Crippen LogP contribution in [-0.4, -0.2) is 17.6 Å². The van der Waals surface area contributed by atoms with E-state index in [4.69, 9.17) is 0 Å². The van der Waals surface area contributed by atoms with Gasteiger partial charge in [0.15, 0.2) is 0 Å². The molecule has 0 bridgehead atoms. The Hall–Kier alpha value is -1.49. The van der Waals surface area contributed by atoms with Crippen LogP contribution in [0.25, 0.3) is 0 Å². The number of amides is 2. The van der Waals surface area contributed by atoms with Crippen LogP contribution in [0.5, 0.6) is 0 Å². The predicted molar refractivity (Wildman–Crippen MR) is 82.6 cm³/mol. The first kappa shape index (κ1) is 16.6. The van der Waals surface area contributed by atoms with Gasteiger partial charge < -0.3 is 0 Å². The van der Waals surface area contributed by atoms with Gasteiger partial charge in [0.1, 0.15) is 0 Å². The summed E-state index contributed by atoms with van der Waals surface area (Å²) in [5.74, 6) is -0.227. The maximum Gasteiger partial charge on any atom is 0.248 e. The maximum atomic E-state index is 11.6. The van der Waals surface area contributed by atoms with Crippen LogP contribution in [0.2, 0.25) is 0 Å². The number of hydrogen-bond acceptors (Lipinski definition) is 3. The van der Waals surface area contributed by atoms with Crippen molar-refractivity contribution in [3.63, 3.8) is 0 Å². The Bertz CT molecular complexity index is 507. The third-order valence-corrected chi connectivity index (χ3v) is 3.95. The number of thioether (sulfide) groups is 1. The van der Waals surface area contributed by atoms with E-state index in [0.29, 0.717) is 0 Å². The number of aryl methyl sites for hydroxylation is 1. The second kappa shape index (κ2) is 6.79. The van der Waals surface area contributed by atoms with Crippen LogP contribution in [0.1, 0.15) is 38.8 Å². The SMILES string of the molecule is CC(=O)NNC(=O)CSc1cc(C(C)(C)C)ccc1C. The Balaban J connectivity index is 2.68. The highest BCUT2D eigenvalue weighted by Crippen LogP contribution is 2.29. The monoisotopic (exact) mass is 294 g/mol. The third kappa shape index (κ3) is 5.25. The normalized spacial score (nSPS) is 11.1. The zero-order chi connectivity index (χ0) is 15.3. The molecule has 0 aliphatic rings. The van der Waals surface area contributed by atoms with Crippen molar-refractivity contribution in [2.75, 3.05) is 5.75 Å². The van der Waals surface area contributed by atoms with Crippen molar-refractivity contribution in [3.8, 4) is 0 Å². The first-order valence-corrected chi connectivity index (χ1v) is 7.48. The van der Waals surface area contributed by atoms with Crippen molar-refractivity contribution >= 4 is 23.6 Å². The van der Waals surface area contributed by atoms with Crippen molar-refractivity contribution in [1.82, 2.24) is 10.9 Å². The summed E-state index contributed by atoms with van der Waals surface area (Å²) in [6.45, 7) is 9.87. The molecule has 1 rings (SSSR count). The largest absolute Gasteiger partial charge is 0.274 e. The fourth-order valence-electron chi connectivity index (χ4n) is 1.56. The van der Waals surface area contributed by atoms with Gasteiger partial charge in [-0.2, -0.15) is 0 Å². The molecule has 0 saturated heterocycles. The number of carbonyl (C=O) groups is 2. The number of benzene rings is 1. The molecule has 0 atom stereocenters. The highest BCUT2D eigenvalue weighted by molar-refractivity contribution is 8.00. The standard InChI is InChI=1S/C15H22N2O2S/c1-10-6-7-12(15(3,4)5)8-13(10)20-9-14(19)17-16-11(2)18/h6-8H,9H2,1-5H3,(H,16,18)(H,17,19). The smallest absolute Gasteiger partial charge is 0.248 e. The number of rotatable bonds is 3. The summed E-state index contributed by atoms with van der Waals surface area (Å²) in [7, 11) is 0. The topological polar surface area (TPSA) is 58.2 Å². The summed E-state index contributed by atoms with van der Waals surface area (Å²) < 4.78 is 0. The van der Waals surface area contributed by atoms with Crippen LogP contribution >= 0.6 is 11.8 Å². The molecule has 4 nitrogen and oxygen atoms in total. The van der Waals surface area contributed by atoms with Gasteiger partial charge in [0.05, 0.1) is 5.75 Å². The minimum absolute atomic E-state index is 0.0848. The Labute approximate surface area is 124 Å². The van der Waals surface area contributed by atoms with Crippen molar-refractivity contribution in [3.05, 3.63) is 29.3 Å². The van der Waals surface area contributed by atoms with Crippen molar-refractivity contribution < 1.29 is 9.59 Å². The van der Waals surface area contributed by atoms with Crippen LogP contribution < -0.4 is 10.9 Å². The molecule has 1 aromatic rings. The molecule has 2 N–H and O–H groups in total. The van der Waals surface area contributed by atoms with Gasteiger partial charge in [0, 0.05) is 11.8 Å². The fourth-order valence-corrected chi connectivity index (χ4v) is 2.42. The van der Waals surface area contributed by atoms with Crippen LogP contribution in [0, 0.1) is 6.92 Å². The molecular weight excluding hydrogens is 272 g/mol. The van der Waals surface area contributed by atoms with Gasteiger partial charge >= 0.3 is 0 Å². The van der Waals surface area contributed by atoms with Crippen molar-refractivity contribution in [1.29, 1.82) is 0 Å². The second-order valence-electron chi connectivity index (χ2n) is 5.75. The van der Waals surface area contributed by atoms with Gasteiger partial charge in [-0.1, -0.05) is 32.9 Å². The maximum absolute atomic E-state index is 11.6. The molecule has 0 fully saturated rings. The summed E-state index contributed by atoms with van der Waals surface area (Å²) in [6.07, 6.45) is 0. The van der Waals surface area contributed by atoms with E-state index in [1.165, 1.54) is 24.2 Å². The van der Waals surface area contributed by atoms with E-state index < -0.39 is 0 Å². The lowest BCUT2D eigenvalue weighted by Gasteiger charge is -2.20. The Morgan fingerprint density at radius 1 is 1.20 bits per heavy atom. The average molecular weight is 294 g/mol. The molecule has 1 aromatic carbocycles. The predicted octanol–water partition coefficient (Wildman–Crippen LogP) is 2.55. The van der Waals surface area contributed by atoms with E-state index >= 15 is 0 Å². The third-order valence-electron chi connectivity index (χ3n) is 2.79. The van der Waals surface area contributed by atoms with Crippen LogP contribution in [0.4, 0.5) is 0 Å². The molecule has 0 aliphatic carbocycles. The lowest BCUT2D eigenvalue weighted by atomic mass is 9.87. The molecule has 0 heterocycles. The molecule has 110 valence electrons. The van der Waals surface area contributed by atoms with Gasteiger partial charge in [0.2, 0.25) is 11.8 Å². The molecule has 0 unspecified atom stereocenters. The van der Waals surface area contributed by atoms with Crippen molar-refractivity contribution in [2.24, 2.45) is 0 Å². The van der Waals surface area contributed by atoms with Gasteiger partial charge in [0.25, 0.3) is 0 Å². The van der Waals surface area contributed by atoms with Gasteiger partial charge in [-0.3, -0.25) is 20.4 Å². The van der Waals surface area contributed by atoms with Crippen molar-refractivity contribution in [2.45, 2.75) is 44.9 Å². The Morgan fingerprint density at radius 3 is 2.40 bits per heavy atom. The minimum Gasteiger partial charge on any atom is -0.274 e. The lowest BCUT2D eigenvalue weighted by Crippen LogP contribution is -2.41. The van der Waals surface area contributed by atoms with Gasteiger partial charge in [-0.25, -0.2) is 0 Å². The Morgan fingerprint density at radius 2 is 1.85 bits per heavy atom. The molecular formula is C15H22N2O2S. The summed E-state index contributed by atoms with van der Waals surface area (Å²) in [6, 6.07) is 6.33. The fraction of sp³-hybridized carbons (Fsp3) is 0.467. The molecule has 0 saturated carbocycles. The van der Waals surface area contributed by atoms with Crippen LogP contribution in [0.15, 0.2) is 23.1 Å². The van der Waals surface area contributed by atoms with E-state index in [1.807, 2.05) is 6.92 Å². The second-order valence-corrected chi connectivity index (χ2v) is 6.77. The molecule has 2 amide bonds. The zero-order valence-corrected chi connectivity index (χ0v) is 13.5. The summed E-state index contributed by atoms with van der Waals surface area (Å²) in [5, 5.41) is 0. The average Bonchev–Trinajstić information content (AvgIpc) is 2.33. The van der Waals surface area contributed by atoms with Crippen LogP contribution in [-0.2, 0) is 15.0 Å². The summed E-state index contributed by atoms with van der Waals surface area (Å²) in [4.78, 5) is 23.4. The number of hydrogen-bond donors (Lipinski definition) is 2. The first-order chi connectivity index (χ1) is 9.20. The van der Waals surface area contributed by atoms with Crippen LogP contribution in [0.3, 0.4) is 0 Å². The molecule has 5 heteroatoms. The summed E-state index contributed by atoms with van der Waals surface area (Å²) >= 11 is 1.47. The number of carbonyl (C=O) groups excluding carboxylic acids is 2. The molecule has 0 aromatic heterocycles. The zero-order valence-electron chi connectivity index (χ0n) is 12.7. The molecule has 0 spiro atoms. The van der Waals surface area contributed by atoms with E-state index in [9.17, 15) is 9.59 Å². The molecule has 0 radical (unpaired) electrons. The Kier molecular flexibility index (Phi) is 5.62. The molecule has 20 heavy (non-hydrogen) atoms. The van der Waals surface area contributed by atoms with E-state index in [1.54, 1.807) is 0 Å². The quantitative estimate of drug-likeness (QED) is 0.665. The minimum atomic E-state index is -0.283. The number of nitrogens with one attached hydrogen (secondary N) is 2. The van der Waals surface area contributed by atoms with E-state index in [-0.39, 0.29) is 23.0 Å². The highest BCUT2D eigenvalue weighted by atomic mass is 32.2. The van der Waals surface area contributed by atoms with E-state index in [2.05, 4.69) is 49.8 Å². The highest BCUT2D eigenvalue weighted by Gasteiger charge is 2.15. The van der Waals surface area contributed by atoms with E-state index in [0.717, 1.165) is 10.5 Å². The van der Waals surface area contributed by atoms with Gasteiger partial charge in [-0.05, 0) is 29.5 Å². The molecule has 0 aliphatic heterocycles. The number of hydrazine groups is 1. The first-order valence-electron chi connectivity index (χ1n) is 6.49. The summed E-state index contributed by atoms with van der Waals surface area (Å²) in [5.41, 5.74) is 7.11. The lowest BCUT2D eigenvalue weighted by molar-refractivity contribution is -0.126. The van der Waals surface area contributed by atoms with Gasteiger partial charge in [-0.15, -0.1) is 11.8 Å².